The molecule has 0 saturated carbocycles. The fourth-order valence-corrected chi connectivity index (χ4v) is 1.96. The van der Waals surface area contributed by atoms with Crippen molar-refractivity contribution < 1.29 is 9.59 Å². The molecule has 3 nitrogen and oxygen atoms in total. The van der Waals surface area contributed by atoms with Gasteiger partial charge in [-0.1, -0.05) is 35.9 Å². The Labute approximate surface area is 124 Å². The number of aryl methyl sites for hydroxylation is 1. The van der Waals surface area contributed by atoms with E-state index in [2.05, 4.69) is 5.32 Å². The molecule has 1 amide bonds. The molecular formula is C18H17NO2. The molecule has 21 heavy (non-hydrogen) atoms. The minimum atomic E-state index is -0.131. The van der Waals surface area contributed by atoms with E-state index < -0.39 is 0 Å². The van der Waals surface area contributed by atoms with Crippen LogP contribution in [0.1, 0.15) is 28.4 Å². The van der Waals surface area contributed by atoms with Crippen LogP contribution in [0.3, 0.4) is 0 Å². The van der Waals surface area contributed by atoms with Crippen molar-refractivity contribution in [1.82, 2.24) is 0 Å². The van der Waals surface area contributed by atoms with Gasteiger partial charge >= 0.3 is 0 Å². The van der Waals surface area contributed by atoms with Gasteiger partial charge in [0.25, 0.3) is 0 Å². The van der Waals surface area contributed by atoms with Gasteiger partial charge in [-0.25, -0.2) is 0 Å². The maximum Gasteiger partial charge on any atom is 0.221 e. The molecule has 0 heterocycles. The second-order valence-corrected chi connectivity index (χ2v) is 4.87. The van der Waals surface area contributed by atoms with Crippen molar-refractivity contribution in [2.24, 2.45) is 0 Å². The highest BCUT2D eigenvalue weighted by molar-refractivity contribution is 6.07. The van der Waals surface area contributed by atoms with E-state index in [0.717, 1.165) is 11.1 Å². The SMILES string of the molecule is CC(=O)Nc1ccc(C(=O)C=Cc2cccc(C)c2)cc1. The Balaban J connectivity index is 2.08. The standard InChI is InChI=1S/C18H17NO2/c1-13-4-3-5-15(12-13)6-11-18(21)16-7-9-17(10-8-16)19-14(2)20/h3-12H,1-2H3,(H,19,20). The number of benzene rings is 2. The lowest BCUT2D eigenvalue weighted by Crippen LogP contribution is -2.05. The summed E-state index contributed by atoms with van der Waals surface area (Å²) in [6.45, 7) is 3.46. The number of ketones is 1. The molecule has 0 aromatic heterocycles. The molecule has 0 bridgehead atoms. The van der Waals surface area contributed by atoms with E-state index in [-0.39, 0.29) is 11.7 Å². The number of amides is 1. The number of nitrogens with one attached hydrogen (secondary N) is 1. The Morgan fingerprint density at radius 3 is 2.38 bits per heavy atom. The third-order valence-electron chi connectivity index (χ3n) is 2.96. The van der Waals surface area contributed by atoms with Crippen LogP contribution in [-0.2, 0) is 4.79 Å². The number of anilines is 1. The molecule has 1 N–H and O–H groups in total. The van der Waals surface area contributed by atoms with Gasteiger partial charge in [-0.05, 0) is 42.8 Å². The minimum absolute atomic E-state index is 0.0640. The molecule has 106 valence electrons. The van der Waals surface area contributed by atoms with Crippen LogP contribution in [0.5, 0.6) is 0 Å². The van der Waals surface area contributed by atoms with Crippen LogP contribution < -0.4 is 5.32 Å². The van der Waals surface area contributed by atoms with Gasteiger partial charge in [0.1, 0.15) is 0 Å². The van der Waals surface area contributed by atoms with Crippen LogP contribution in [-0.4, -0.2) is 11.7 Å². The Morgan fingerprint density at radius 1 is 1.05 bits per heavy atom. The lowest BCUT2D eigenvalue weighted by Gasteiger charge is -2.02. The fourth-order valence-electron chi connectivity index (χ4n) is 1.96. The van der Waals surface area contributed by atoms with Gasteiger partial charge in [-0.15, -0.1) is 0 Å². The molecule has 0 unspecified atom stereocenters. The highest BCUT2D eigenvalue weighted by Gasteiger charge is 2.02. The summed E-state index contributed by atoms with van der Waals surface area (Å²) in [5.41, 5.74) is 3.43. The van der Waals surface area contributed by atoms with Crippen molar-refractivity contribution in [2.45, 2.75) is 13.8 Å². The van der Waals surface area contributed by atoms with Crippen LogP contribution >= 0.6 is 0 Å². The maximum atomic E-state index is 12.1. The number of allylic oxidation sites excluding steroid dienone is 1. The highest BCUT2D eigenvalue weighted by Crippen LogP contribution is 2.12. The zero-order valence-corrected chi connectivity index (χ0v) is 12.1. The summed E-state index contributed by atoms with van der Waals surface area (Å²) >= 11 is 0. The number of carbonyl (C=O) groups excluding carboxylic acids is 2. The van der Waals surface area contributed by atoms with Crippen molar-refractivity contribution in [1.29, 1.82) is 0 Å². The van der Waals surface area contributed by atoms with E-state index >= 15 is 0 Å². The molecule has 0 fully saturated rings. The van der Waals surface area contributed by atoms with Crippen LogP contribution in [0.2, 0.25) is 0 Å². The molecule has 0 aliphatic rings. The molecule has 0 aliphatic carbocycles. The lowest BCUT2D eigenvalue weighted by atomic mass is 10.1. The first-order valence-electron chi connectivity index (χ1n) is 6.71. The van der Waals surface area contributed by atoms with E-state index in [1.54, 1.807) is 36.4 Å². The number of rotatable bonds is 4. The van der Waals surface area contributed by atoms with Crippen LogP contribution in [0.4, 0.5) is 5.69 Å². The summed E-state index contributed by atoms with van der Waals surface area (Å²) in [6, 6.07) is 14.8. The summed E-state index contributed by atoms with van der Waals surface area (Å²) in [5, 5.41) is 2.67. The third-order valence-corrected chi connectivity index (χ3v) is 2.96. The molecule has 2 aromatic carbocycles. The summed E-state index contributed by atoms with van der Waals surface area (Å²) in [6.07, 6.45) is 3.36. The maximum absolute atomic E-state index is 12.1. The topological polar surface area (TPSA) is 46.2 Å². The largest absolute Gasteiger partial charge is 0.326 e. The molecular weight excluding hydrogens is 262 g/mol. The Hall–Kier alpha value is -2.68. The zero-order chi connectivity index (χ0) is 15.2. The summed E-state index contributed by atoms with van der Waals surface area (Å²) in [4.78, 5) is 23.0. The van der Waals surface area contributed by atoms with E-state index in [1.807, 2.05) is 31.2 Å². The van der Waals surface area contributed by atoms with Crippen LogP contribution in [0.15, 0.2) is 54.6 Å². The number of carbonyl (C=O) groups is 2. The summed E-state index contributed by atoms with van der Waals surface area (Å²) < 4.78 is 0. The molecule has 0 atom stereocenters. The Bertz CT molecular complexity index is 685. The van der Waals surface area contributed by atoms with Crippen molar-refractivity contribution in [3.8, 4) is 0 Å². The Morgan fingerprint density at radius 2 is 1.76 bits per heavy atom. The average molecular weight is 279 g/mol. The van der Waals surface area contributed by atoms with Gasteiger partial charge in [0.15, 0.2) is 5.78 Å². The van der Waals surface area contributed by atoms with Crippen LogP contribution in [0.25, 0.3) is 6.08 Å². The van der Waals surface area contributed by atoms with E-state index in [4.69, 9.17) is 0 Å². The normalized spacial score (nSPS) is 10.6. The van der Waals surface area contributed by atoms with Crippen molar-refractivity contribution in [3.63, 3.8) is 0 Å². The smallest absolute Gasteiger partial charge is 0.221 e. The summed E-state index contributed by atoms with van der Waals surface area (Å²) in [5.74, 6) is -0.195. The molecule has 0 spiro atoms. The monoisotopic (exact) mass is 279 g/mol. The minimum Gasteiger partial charge on any atom is -0.326 e. The van der Waals surface area contributed by atoms with E-state index in [9.17, 15) is 9.59 Å². The highest BCUT2D eigenvalue weighted by atomic mass is 16.1. The molecule has 0 radical (unpaired) electrons. The van der Waals surface area contributed by atoms with E-state index in [1.165, 1.54) is 6.92 Å². The summed E-state index contributed by atoms with van der Waals surface area (Å²) in [7, 11) is 0. The van der Waals surface area contributed by atoms with Gasteiger partial charge in [0.2, 0.25) is 5.91 Å². The Kier molecular flexibility index (Phi) is 4.67. The quantitative estimate of drug-likeness (QED) is 0.682. The van der Waals surface area contributed by atoms with Gasteiger partial charge in [-0.2, -0.15) is 0 Å². The van der Waals surface area contributed by atoms with Crippen molar-refractivity contribution in [3.05, 3.63) is 71.3 Å². The van der Waals surface area contributed by atoms with Gasteiger partial charge in [0, 0.05) is 18.2 Å². The molecule has 0 aliphatic heterocycles. The van der Waals surface area contributed by atoms with Gasteiger partial charge in [0.05, 0.1) is 0 Å². The van der Waals surface area contributed by atoms with E-state index in [0.29, 0.717) is 11.3 Å². The van der Waals surface area contributed by atoms with Crippen molar-refractivity contribution in [2.75, 3.05) is 5.32 Å². The van der Waals surface area contributed by atoms with Gasteiger partial charge < -0.3 is 5.32 Å². The molecule has 3 heteroatoms. The fraction of sp³-hybridized carbons (Fsp3) is 0.111. The second kappa shape index (κ2) is 6.66. The van der Waals surface area contributed by atoms with Crippen LogP contribution in [0, 0.1) is 6.92 Å². The molecule has 2 aromatic rings. The predicted molar refractivity (Wildman–Crippen MR) is 85.3 cm³/mol. The first-order valence-corrected chi connectivity index (χ1v) is 6.71. The predicted octanol–water partition coefficient (Wildman–Crippen LogP) is 3.85. The third kappa shape index (κ3) is 4.42. The molecule has 0 saturated heterocycles. The molecule has 2 rings (SSSR count). The lowest BCUT2D eigenvalue weighted by molar-refractivity contribution is -0.114. The zero-order valence-electron chi connectivity index (χ0n) is 12.1. The average Bonchev–Trinajstić information content (AvgIpc) is 2.45. The van der Waals surface area contributed by atoms with Gasteiger partial charge in [-0.3, -0.25) is 9.59 Å². The first-order chi connectivity index (χ1) is 10.0. The first kappa shape index (κ1) is 14.7. The van der Waals surface area contributed by atoms with Crippen molar-refractivity contribution >= 4 is 23.5 Å². The number of hydrogen-bond acceptors (Lipinski definition) is 2. The number of hydrogen-bond donors (Lipinski definition) is 1. The second-order valence-electron chi connectivity index (χ2n) is 4.87.